The molecule has 0 spiro atoms. The Morgan fingerprint density at radius 3 is 2.50 bits per heavy atom. The Morgan fingerprint density at radius 1 is 1.08 bits per heavy atom. The maximum absolute atomic E-state index is 13.7. The van der Waals surface area contributed by atoms with Crippen molar-refractivity contribution in [2.75, 3.05) is 6.54 Å². The number of amides is 1. The highest BCUT2D eigenvalue weighted by atomic mass is 32.2. The zero-order chi connectivity index (χ0) is 27.2. The summed E-state index contributed by atoms with van der Waals surface area (Å²) in [6.07, 6.45) is 1.70. The van der Waals surface area contributed by atoms with Crippen LogP contribution in [0.2, 0.25) is 0 Å². The largest absolute Gasteiger partial charge is 0.511 e. The Labute approximate surface area is 214 Å². The molecule has 5 rings (SSSR count). The highest BCUT2D eigenvalue weighted by Crippen LogP contribution is 2.29. The Hall–Kier alpha value is -3.85. The van der Waals surface area contributed by atoms with Gasteiger partial charge in [-0.2, -0.15) is 22.6 Å². The molecule has 0 atom stereocenters. The number of rotatable bonds is 6. The van der Waals surface area contributed by atoms with Gasteiger partial charge in [0.15, 0.2) is 5.82 Å². The van der Waals surface area contributed by atoms with E-state index >= 15 is 0 Å². The number of halogens is 4. The van der Waals surface area contributed by atoms with Gasteiger partial charge in [0, 0.05) is 24.8 Å². The number of fused-ring (bicyclic) bond motifs is 2. The van der Waals surface area contributed by atoms with E-state index in [1.807, 2.05) is 6.92 Å². The first-order chi connectivity index (χ1) is 18.0. The molecule has 0 bridgehead atoms. The first-order valence-corrected chi connectivity index (χ1v) is 13.0. The van der Waals surface area contributed by atoms with Gasteiger partial charge in [0.1, 0.15) is 23.0 Å². The van der Waals surface area contributed by atoms with Gasteiger partial charge in [-0.05, 0) is 24.1 Å². The average molecular weight is 552 g/mol. The Balaban J connectivity index is 1.28. The van der Waals surface area contributed by atoms with Crippen LogP contribution in [0.1, 0.15) is 34.5 Å². The fraction of sp³-hybridized carbons (Fsp3) is 0.304. The van der Waals surface area contributed by atoms with Gasteiger partial charge in [0.2, 0.25) is 0 Å². The van der Waals surface area contributed by atoms with E-state index < -0.39 is 33.8 Å². The molecule has 3 aromatic heterocycles. The summed E-state index contributed by atoms with van der Waals surface area (Å²) in [7, 11) is -5.46. The van der Waals surface area contributed by atoms with Gasteiger partial charge < -0.3 is 5.32 Å². The molecule has 4 aromatic rings. The van der Waals surface area contributed by atoms with Crippen LogP contribution in [0.5, 0.6) is 0 Å². The second kappa shape index (κ2) is 9.47. The van der Waals surface area contributed by atoms with E-state index in [2.05, 4.69) is 20.4 Å². The SMILES string of the molecule is CCc1nc2ccc(F)cn2c1C(=O)NCc1ccc(-c2nc3n(n2)CCN(S(=O)(=O)C(F)(F)F)C3)cc1. The second-order valence-electron chi connectivity index (χ2n) is 8.57. The predicted molar refractivity (Wildman–Crippen MR) is 127 cm³/mol. The van der Waals surface area contributed by atoms with Crippen LogP contribution in [0.3, 0.4) is 0 Å². The van der Waals surface area contributed by atoms with Crippen molar-refractivity contribution in [1.29, 1.82) is 0 Å². The lowest BCUT2D eigenvalue weighted by Gasteiger charge is -2.26. The summed E-state index contributed by atoms with van der Waals surface area (Å²) < 4.78 is 79.0. The van der Waals surface area contributed by atoms with E-state index in [1.54, 1.807) is 24.3 Å². The monoisotopic (exact) mass is 551 g/mol. The highest BCUT2D eigenvalue weighted by molar-refractivity contribution is 7.89. The predicted octanol–water partition coefficient (Wildman–Crippen LogP) is 2.89. The van der Waals surface area contributed by atoms with Crippen LogP contribution >= 0.6 is 0 Å². The molecular weight excluding hydrogens is 530 g/mol. The number of nitrogens with zero attached hydrogens (tertiary/aromatic N) is 6. The van der Waals surface area contributed by atoms with Gasteiger partial charge >= 0.3 is 15.5 Å². The van der Waals surface area contributed by atoms with Crippen molar-refractivity contribution in [2.45, 2.75) is 38.5 Å². The maximum atomic E-state index is 13.7. The number of carbonyl (C=O) groups excluding carboxylic acids is 1. The molecule has 1 aliphatic heterocycles. The molecule has 10 nitrogen and oxygen atoms in total. The first kappa shape index (κ1) is 25.8. The molecular formula is C23H21F4N7O3S. The van der Waals surface area contributed by atoms with Crippen LogP contribution in [0.4, 0.5) is 17.6 Å². The Morgan fingerprint density at radius 2 is 1.82 bits per heavy atom. The van der Waals surface area contributed by atoms with Crippen LogP contribution in [0.25, 0.3) is 17.0 Å². The van der Waals surface area contributed by atoms with Crippen molar-refractivity contribution in [1.82, 2.24) is 33.8 Å². The van der Waals surface area contributed by atoms with E-state index in [0.29, 0.717) is 27.6 Å². The molecule has 0 fully saturated rings. The molecule has 1 N–H and O–H groups in total. The van der Waals surface area contributed by atoms with Gasteiger partial charge in [-0.15, -0.1) is 0 Å². The molecule has 38 heavy (non-hydrogen) atoms. The Kier molecular flexibility index (Phi) is 6.43. The minimum atomic E-state index is -5.46. The van der Waals surface area contributed by atoms with E-state index in [9.17, 15) is 30.8 Å². The van der Waals surface area contributed by atoms with Crippen LogP contribution in [0, 0.1) is 5.82 Å². The number of pyridine rings is 1. The van der Waals surface area contributed by atoms with Crippen LogP contribution in [0.15, 0.2) is 42.6 Å². The van der Waals surface area contributed by atoms with Gasteiger partial charge in [-0.25, -0.2) is 27.5 Å². The molecule has 0 saturated heterocycles. The fourth-order valence-corrected chi connectivity index (χ4v) is 5.08. The topological polar surface area (TPSA) is 114 Å². The third-order valence-corrected chi connectivity index (χ3v) is 7.71. The molecule has 1 aliphatic rings. The van der Waals surface area contributed by atoms with Crippen molar-refractivity contribution in [2.24, 2.45) is 0 Å². The molecule has 1 aromatic carbocycles. The van der Waals surface area contributed by atoms with Crippen molar-refractivity contribution >= 4 is 21.6 Å². The number of sulfonamides is 1. The molecule has 200 valence electrons. The maximum Gasteiger partial charge on any atom is 0.511 e. The molecule has 1 amide bonds. The lowest BCUT2D eigenvalue weighted by molar-refractivity contribution is -0.0496. The van der Waals surface area contributed by atoms with Crippen molar-refractivity contribution in [3.8, 4) is 11.4 Å². The summed E-state index contributed by atoms with van der Waals surface area (Å²) in [4.78, 5) is 21.5. The summed E-state index contributed by atoms with van der Waals surface area (Å²) in [5.41, 5.74) is -2.81. The van der Waals surface area contributed by atoms with Gasteiger partial charge in [-0.3, -0.25) is 9.20 Å². The number of hydrogen-bond acceptors (Lipinski definition) is 6. The summed E-state index contributed by atoms with van der Waals surface area (Å²) >= 11 is 0. The minimum absolute atomic E-state index is 0.0608. The summed E-state index contributed by atoms with van der Waals surface area (Å²) in [6.45, 7) is 1.06. The van der Waals surface area contributed by atoms with Gasteiger partial charge in [0.05, 0.1) is 18.8 Å². The highest BCUT2D eigenvalue weighted by Gasteiger charge is 2.50. The number of alkyl halides is 3. The van der Waals surface area contributed by atoms with Crippen LogP contribution in [-0.4, -0.2) is 54.8 Å². The Bertz CT molecular complexity index is 1630. The van der Waals surface area contributed by atoms with E-state index in [4.69, 9.17) is 0 Å². The lowest BCUT2D eigenvalue weighted by atomic mass is 10.1. The molecule has 0 saturated carbocycles. The zero-order valence-corrected chi connectivity index (χ0v) is 20.7. The normalized spacial score (nSPS) is 14.6. The lowest BCUT2D eigenvalue weighted by Crippen LogP contribution is -2.44. The summed E-state index contributed by atoms with van der Waals surface area (Å²) in [6, 6.07) is 9.60. The quantitative estimate of drug-likeness (QED) is 0.369. The molecule has 0 unspecified atom stereocenters. The number of aryl methyl sites for hydroxylation is 1. The van der Waals surface area contributed by atoms with Gasteiger partial charge in [0.25, 0.3) is 5.91 Å². The number of hydrogen-bond donors (Lipinski definition) is 1. The molecule has 15 heteroatoms. The van der Waals surface area contributed by atoms with E-state index in [1.165, 1.54) is 27.4 Å². The minimum Gasteiger partial charge on any atom is -0.347 e. The van der Waals surface area contributed by atoms with Crippen molar-refractivity contribution in [3.05, 3.63) is 71.2 Å². The van der Waals surface area contributed by atoms with Crippen LogP contribution in [-0.2, 0) is 36.1 Å². The molecule has 0 radical (unpaired) electrons. The van der Waals surface area contributed by atoms with E-state index in [0.717, 1.165) is 5.56 Å². The summed E-state index contributed by atoms with van der Waals surface area (Å²) in [5, 5.41) is 7.09. The third kappa shape index (κ3) is 4.62. The second-order valence-corrected chi connectivity index (χ2v) is 10.5. The van der Waals surface area contributed by atoms with Gasteiger partial charge in [-0.1, -0.05) is 31.2 Å². The smallest absolute Gasteiger partial charge is 0.347 e. The van der Waals surface area contributed by atoms with Crippen molar-refractivity contribution < 1.29 is 30.8 Å². The van der Waals surface area contributed by atoms with Crippen molar-refractivity contribution in [3.63, 3.8) is 0 Å². The molecule has 4 heterocycles. The number of benzene rings is 1. The standard InChI is InChI=1S/C23H21F4N7O3S/c1-2-17-20(33-12-16(24)7-8-18(33)29-17)22(35)28-11-14-3-5-15(6-4-14)21-30-19-13-32(9-10-34(19)31-21)38(36,37)23(25,26)27/h3-8,12H,2,9-11,13H2,1H3,(H,28,35). The number of imidazole rings is 1. The molecule has 0 aliphatic carbocycles. The zero-order valence-electron chi connectivity index (χ0n) is 19.9. The third-order valence-electron chi connectivity index (χ3n) is 6.13. The first-order valence-electron chi connectivity index (χ1n) is 11.5. The fourth-order valence-electron chi connectivity index (χ4n) is 4.18. The number of nitrogens with one attached hydrogen (secondary N) is 1. The van der Waals surface area contributed by atoms with Crippen LogP contribution < -0.4 is 5.32 Å². The number of aromatic nitrogens is 5. The number of carbonyl (C=O) groups is 1. The van der Waals surface area contributed by atoms with E-state index in [-0.39, 0.29) is 37.0 Å². The average Bonchev–Trinajstić information content (AvgIpc) is 3.47. The summed E-state index contributed by atoms with van der Waals surface area (Å²) in [5.74, 6) is -0.564.